The lowest BCUT2D eigenvalue weighted by molar-refractivity contribution is -0.111. The monoisotopic (exact) mass is 327 g/mol. The van der Waals surface area contributed by atoms with E-state index in [2.05, 4.69) is 10.4 Å². The number of para-hydroxylation sites is 1. The number of amides is 1. The molecule has 1 aliphatic heterocycles. The van der Waals surface area contributed by atoms with Crippen molar-refractivity contribution < 1.29 is 14.3 Å². The minimum atomic E-state index is -0.211. The Hall–Kier alpha value is -2.60. The summed E-state index contributed by atoms with van der Waals surface area (Å²) >= 11 is 0. The van der Waals surface area contributed by atoms with E-state index in [1.165, 1.54) is 6.08 Å². The molecule has 1 aromatic heterocycles. The molecule has 1 saturated heterocycles. The van der Waals surface area contributed by atoms with Crippen molar-refractivity contribution in [1.29, 1.82) is 0 Å². The summed E-state index contributed by atoms with van der Waals surface area (Å²) in [5, 5.41) is 7.06. The Bertz CT molecular complexity index is 718. The molecule has 6 heteroatoms. The highest BCUT2D eigenvalue weighted by atomic mass is 16.5. The molecule has 1 aromatic carbocycles. The Morgan fingerprint density at radius 2 is 2.38 bits per heavy atom. The number of benzene rings is 1. The first-order chi connectivity index (χ1) is 11.7. The number of hydrogen-bond donors (Lipinski definition) is 1. The van der Waals surface area contributed by atoms with Crippen molar-refractivity contribution in [3.8, 4) is 5.75 Å². The van der Waals surface area contributed by atoms with Gasteiger partial charge in [0, 0.05) is 24.4 Å². The molecule has 1 N–H and O–H groups in total. The number of methoxy groups -OCH3 is 1. The number of carbonyl (C=O) groups excluding carboxylic acids is 1. The molecule has 0 aliphatic carbocycles. The number of nitrogens with zero attached hydrogens (tertiary/aromatic N) is 2. The van der Waals surface area contributed by atoms with Gasteiger partial charge in [-0.05, 0) is 25.0 Å². The maximum Gasteiger partial charge on any atom is 0.248 e. The lowest BCUT2D eigenvalue weighted by atomic mass is 10.2. The van der Waals surface area contributed by atoms with Crippen LogP contribution in [0.25, 0.3) is 6.08 Å². The molecule has 2 heterocycles. The van der Waals surface area contributed by atoms with Gasteiger partial charge < -0.3 is 14.8 Å². The van der Waals surface area contributed by atoms with Gasteiger partial charge in [-0.1, -0.05) is 18.2 Å². The van der Waals surface area contributed by atoms with Crippen molar-refractivity contribution in [3.05, 3.63) is 48.3 Å². The first-order valence-corrected chi connectivity index (χ1v) is 8.01. The van der Waals surface area contributed by atoms with Crippen molar-refractivity contribution in [2.45, 2.75) is 25.5 Å². The second-order valence-corrected chi connectivity index (χ2v) is 5.65. The Balaban J connectivity index is 1.56. The lowest BCUT2D eigenvalue weighted by Gasteiger charge is -2.08. The van der Waals surface area contributed by atoms with Crippen molar-refractivity contribution in [2.75, 3.05) is 19.0 Å². The van der Waals surface area contributed by atoms with E-state index < -0.39 is 0 Å². The van der Waals surface area contributed by atoms with Crippen LogP contribution in [0.15, 0.2) is 42.7 Å². The highest BCUT2D eigenvalue weighted by molar-refractivity contribution is 6.01. The van der Waals surface area contributed by atoms with Gasteiger partial charge in [0.05, 0.1) is 31.6 Å². The third kappa shape index (κ3) is 4.23. The van der Waals surface area contributed by atoms with Crippen LogP contribution in [0, 0.1) is 0 Å². The zero-order chi connectivity index (χ0) is 16.8. The summed E-state index contributed by atoms with van der Waals surface area (Å²) in [6.07, 6.45) is 9.05. The molecule has 3 rings (SSSR count). The number of nitrogens with one attached hydrogen (secondary N) is 1. The quantitative estimate of drug-likeness (QED) is 0.829. The fraction of sp³-hybridized carbons (Fsp3) is 0.333. The molecule has 1 fully saturated rings. The van der Waals surface area contributed by atoms with Crippen LogP contribution in [0.4, 0.5) is 5.69 Å². The normalized spacial score (nSPS) is 17.3. The van der Waals surface area contributed by atoms with Crippen molar-refractivity contribution >= 4 is 17.7 Å². The molecular weight excluding hydrogens is 306 g/mol. The molecule has 6 nitrogen and oxygen atoms in total. The van der Waals surface area contributed by atoms with Crippen LogP contribution >= 0.6 is 0 Å². The van der Waals surface area contributed by atoms with Gasteiger partial charge in [0.1, 0.15) is 5.75 Å². The van der Waals surface area contributed by atoms with E-state index in [0.29, 0.717) is 12.2 Å². The Labute approximate surface area is 141 Å². The van der Waals surface area contributed by atoms with Crippen molar-refractivity contribution in [3.63, 3.8) is 0 Å². The maximum absolute atomic E-state index is 12.0. The van der Waals surface area contributed by atoms with Crippen molar-refractivity contribution in [2.24, 2.45) is 0 Å². The molecule has 0 unspecified atom stereocenters. The number of rotatable bonds is 6. The van der Waals surface area contributed by atoms with E-state index in [0.717, 1.165) is 30.8 Å². The number of ether oxygens (including phenoxy) is 2. The Morgan fingerprint density at radius 3 is 3.17 bits per heavy atom. The minimum absolute atomic E-state index is 0.211. The smallest absolute Gasteiger partial charge is 0.248 e. The van der Waals surface area contributed by atoms with Crippen LogP contribution in [0.1, 0.15) is 18.4 Å². The molecule has 1 amide bonds. The van der Waals surface area contributed by atoms with Gasteiger partial charge in [0.15, 0.2) is 0 Å². The third-order valence-electron chi connectivity index (χ3n) is 3.87. The average Bonchev–Trinajstić information content (AvgIpc) is 3.26. The predicted molar refractivity (Wildman–Crippen MR) is 91.9 cm³/mol. The number of carbonyl (C=O) groups is 1. The second kappa shape index (κ2) is 7.79. The highest BCUT2D eigenvalue weighted by Crippen LogP contribution is 2.19. The summed E-state index contributed by atoms with van der Waals surface area (Å²) in [7, 11) is 1.61. The summed E-state index contributed by atoms with van der Waals surface area (Å²) in [6.45, 7) is 1.54. The highest BCUT2D eigenvalue weighted by Gasteiger charge is 2.16. The standard InChI is InChI=1S/C18H21N3O3/c1-23-17-7-3-2-5-14(17)8-9-18(22)20-15-11-19-21(12-15)13-16-6-4-10-24-16/h2-3,5,7-9,11-12,16H,4,6,10,13H2,1H3,(H,20,22)/b9-8+/t16-/m0/s1. The van der Waals surface area contributed by atoms with Gasteiger partial charge >= 0.3 is 0 Å². The van der Waals surface area contributed by atoms with Crippen LogP contribution < -0.4 is 10.1 Å². The Kier molecular flexibility index (Phi) is 5.28. The summed E-state index contributed by atoms with van der Waals surface area (Å²) in [6, 6.07) is 7.53. The van der Waals surface area contributed by atoms with Gasteiger partial charge in [0.2, 0.25) is 5.91 Å². The molecule has 1 atom stereocenters. The van der Waals surface area contributed by atoms with Crippen LogP contribution in [-0.2, 0) is 16.1 Å². The molecule has 1 aliphatic rings. The topological polar surface area (TPSA) is 65.4 Å². The first-order valence-electron chi connectivity index (χ1n) is 8.01. The molecule has 2 aromatic rings. The molecule has 0 spiro atoms. The van der Waals surface area contributed by atoms with E-state index >= 15 is 0 Å². The third-order valence-corrected chi connectivity index (χ3v) is 3.87. The SMILES string of the molecule is COc1ccccc1/C=C/C(=O)Nc1cnn(C[C@@H]2CCCO2)c1. The number of aromatic nitrogens is 2. The van der Waals surface area contributed by atoms with Gasteiger partial charge in [0.25, 0.3) is 0 Å². The predicted octanol–water partition coefficient (Wildman–Crippen LogP) is 2.72. The molecule has 24 heavy (non-hydrogen) atoms. The van der Waals surface area contributed by atoms with Crippen molar-refractivity contribution in [1.82, 2.24) is 9.78 Å². The second-order valence-electron chi connectivity index (χ2n) is 5.65. The molecule has 0 bridgehead atoms. The Morgan fingerprint density at radius 1 is 1.50 bits per heavy atom. The fourth-order valence-electron chi connectivity index (χ4n) is 2.68. The van der Waals surface area contributed by atoms with E-state index in [1.807, 2.05) is 30.5 Å². The average molecular weight is 327 g/mol. The van der Waals surface area contributed by atoms with Crippen LogP contribution in [0.3, 0.4) is 0 Å². The molecule has 0 saturated carbocycles. The summed E-state index contributed by atoms with van der Waals surface area (Å²) in [5.41, 5.74) is 1.52. The van der Waals surface area contributed by atoms with E-state index in [1.54, 1.807) is 24.1 Å². The number of hydrogen-bond acceptors (Lipinski definition) is 4. The maximum atomic E-state index is 12.0. The lowest BCUT2D eigenvalue weighted by Crippen LogP contribution is -2.15. The zero-order valence-electron chi connectivity index (χ0n) is 13.6. The largest absolute Gasteiger partial charge is 0.496 e. The molecule has 0 radical (unpaired) electrons. The van der Waals surface area contributed by atoms with E-state index in [4.69, 9.17) is 9.47 Å². The zero-order valence-corrected chi connectivity index (χ0v) is 13.6. The van der Waals surface area contributed by atoms with Crippen LogP contribution in [0.2, 0.25) is 0 Å². The minimum Gasteiger partial charge on any atom is -0.496 e. The van der Waals surface area contributed by atoms with Crippen LogP contribution in [0.5, 0.6) is 5.75 Å². The van der Waals surface area contributed by atoms with Crippen LogP contribution in [-0.4, -0.2) is 35.5 Å². The number of anilines is 1. The van der Waals surface area contributed by atoms with Gasteiger partial charge in [-0.15, -0.1) is 0 Å². The molecule has 126 valence electrons. The summed E-state index contributed by atoms with van der Waals surface area (Å²) in [4.78, 5) is 12.0. The fourth-order valence-corrected chi connectivity index (χ4v) is 2.68. The van der Waals surface area contributed by atoms with E-state index in [9.17, 15) is 4.79 Å². The van der Waals surface area contributed by atoms with Gasteiger partial charge in [-0.2, -0.15) is 5.10 Å². The first kappa shape index (κ1) is 16.3. The van der Waals surface area contributed by atoms with E-state index in [-0.39, 0.29) is 12.0 Å². The summed E-state index contributed by atoms with van der Waals surface area (Å²) in [5.74, 6) is 0.517. The summed E-state index contributed by atoms with van der Waals surface area (Å²) < 4.78 is 12.6. The van der Waals surface area contributed by atoms with Gasteiger partial charge in [-0.25, -0.2) is 0 Å². The van der Waals surface area contributed by atoms with Gasteiger partial charge in [-0.3, -0.25) is 9.48 Å². The molecular formula is C18H21N3O3.